The molecule has 2 aromatic rings. The van der Waals surface area contributed by atoms with Gasteiger partial charge in [0.05, 0.1) is 17.2 Å². The summed E-state index contributed by atoms with van der Waals surface area (Å²) in [7, 11) is 1.82. The minimum atomic E-state index is 0.206. The number of anilines is 2. The van der Waals surface area contributed by atoms with Crippen molar-refractivity contribution in [1.82, 2.24) is 9.97 Å². The molecular formula is C20H25ClN4O. The van der Waals surface area contributed by atoms with Crippen LogP contribution in [0.3, 0.4) is 0 Å². The normalized spacial score (nSPS) is 28.0. The van der Waals surface area contributed by atoms with E-state index in [-0.39, 0.29) is 12.1 Å². The van der Waals surface area contributed by atoms with E-state index in [4.69, 9.17) is 16.3 Å². The maximum atomic E-state index is 6.07. The third-order valence-electron chi connectivity index (χ3n) is 5.73. The van der Waals surface area contributed by atoms with Crippen molar-refractivity contribution < 1.29 is 4.74 Å². The molecule has 1 saturated carbocycles. The van der Waals surface area contributed by atoms with Gasteiger partial charge < -0.3 is 15.0 Å². The lowest BCUT2D eigenvalue weighted by Crippen LogP contribution is -2.44. The van der Waals surface area contributed by atoms with Crippen LogP contribution in [0.25, 0.3) is 0 Å². The Bertz CT molecular complexity index is 757. The molecule has 1 aliphatic carbocycles. The lowest BCUT2D eigenvalue weighted by Gasteiger charge is -2.37. The summed E-state index contributed by atoms with van der Waals surface area (Å²) in [5, 5.41) is 4.28. The summed E-state index contributed by atoms with van der Waals surface area (Å²) in [6, 6.07) is 8.24. The van der Waals surface area contributed by atoms with Crippen LogP contribution in [0.1, 0.15) is 18.4 Å². The topological polar surface area (TPSA) is 50.3 Å². The maximum Gasteiger partial charge on any atom is 0.131 e. The third-order valence-corrected chi connectivity index (χ3v) is 5.94. The Morgan fingerprint density at radius 2 is 2.00 bits per heavy atom. The quantitative estimate of drug-likeness (QED) is 0.885. The highest BCUT2D eigenvalue weighted by atomic mass is 35.5. The fraction of sp³-hybridized carbons (Fsp3) is 0.500. The highest BCUT2D eigenvalue weighted by molar-refractivity contribution is 6.30. The van der Waals surface area contributed by atoms with Gasteiger partial charge in [-0.05, 0) is 55.4 Å². The summed E-state index contributed by atoms with van der Waals surface area (Å²) in [6.07, 6.45) is 5.92. The number of ether oxygens (including phenoxy) is 1. The van der Waals surface area contributed by atoms with Crippen LogP contribution in [0, 0.1) is 18.8 Å². The molecule has 0 unspecified atom stereocenters. The molecule has 1 aliphatic heterocycles. The zero-order chi connectivity index (χ0) is 18.1. The van der Waals surface area contributed by atoms with Crippen LogP contribution in [-0.2, 0) is 4.74 Å². The number of pyridine rings is 2. The fourth-order valence-electron chi connectivity index (χ4n) is 4.50. The van der Waals surface area contributed by atoms with E-state index in [1.54, 1.807) is 6.20 Å². The zero-order valence-electron chi connectivity index (χ0n) is 15.2. The summed E-state index contributed by atoms with van der Waals surface area (Å²) in [4.78, 5) is 11.4. The molecule has 1 saturated heterocycles. The number of nitrogens with one attached hydrogen (secondary N) is 1. The summed E-state index contributed by atoms with van der Waals surface area (Å²) >= 11 is 6.07. The van der Waals surface area contributed by atoms with Crippen LogP contribution in [0.2, 0.25) is 5.02 Å². The molecule has 0 radical (unpaired) electrons. The molecule has 0 amide bonds. The van der Waals surface area contributed by atoms with Gasteiger partial charge in [0.15, 0.2) is 0 Å². The average Bonchev–Trinajstić information content (AvgIpc) is 3.04. The Kier molecular flexibility index (Phi) is 5.00. The first-order chi connectivity index (χ1) is 12.6. The van der Waals surface area contributed by atoms with Gasteiger partial charge in [-0.25, -0.2) is 9.97 Å². The third kappa shape index (κ3) is 3.51. The van der Waals surface area contributed by atoms with Gasteiger partial charge in [-0.2, -0.15) is 0 Å². The first kappa shape index (κ1) is 17.6. The van der Waals surface area contributed by atoms with Crippen molar-refractivity contribution in [2.45, 2.75) is 31.9 Å². The number of halogens is 1. The van der Waals surface area contributed by atoms with Crippen molar-refractivity contribution in [3.63, 3.8) is 0 Å². The summed E-state index contributed by atoms with van der Waals surface area (Å²) < 4.78 is 5.82. The lowest BCUT2D eigenvalue weighted by atomic mass is 9.77. The molecule has 1 N–H and O–H groups in total. The summed E-state index contributed by atoms with van der Waals surface area (Å²) in [6.45, 7) is 4.16. The van der Waals surface area contributed by atoms with E-state index in [1.165, 1.54) is 0 Å². The average molecular weight is 373 g/mol. The summed E-state index contributed by atoms with van der Waals surface area (Å²) in [5.41, 5.74) is 1.14. The Morgan fingerprint density at radius 1 is 1.19 bits per heavy atom. The van der Waals surface area contributed by atoms with E-state index in [9.17, 15) is 0 Å². The SMILES string of the molecule is CO[C@@H]1C[C@H]2CN(c3ncc(Cl)cc3C)C[C@H]2C[C@H]1Nc1ccccn1. The van der Waals surface area contributed by atoms with Crippen LogP contribution in [-0.4, -0.2) is 42.3 Å². The standard InChI is InChI=1S/C20H25ClN4O/c1-13-7-16(21)10-23-20(13)25-11-14-8-17(18(26-2)9-15(14)12-25)24-19-5-3-4-6-22-19/h3-7,10,14-15,17-18H,8-9,11-12H2,1-2H3,(H,22,24)/t14-,15+,17-,18-/m1/s1. The number of fused-ring (bicyclic) bond motifs is 1. The van der Waals surface area contributed by atoms with E-state index >= 15 is 0 Å². The van der Waals surface area contributed by atoms with Gasteiger partial charge in [-0.3, -0.25) is 0 Å². The second-order valence-electron chi connectivity index (χ2n) is 7.43. The molecule has 5 nitrogen and oxygen atoms in total. The maximum absolute atomic E-state index is 6.07. The number of aryl methyl sites for hydroxylation is 1. The fourth-order valence-corrected chi connectivity index (χ4v) is 4.71. The Balaban J connectivity index is 1.48. The molecule has 0 bridgehead atoms. The van der Waals surface area contributed by atoms with Crippen molar-refractivity contribution in [3.8, 4) is 0 Å². The Labute approximate surface area is 159 Å². The number of hydrogen-bond donors (Lipinski definition) is 1. The van der Waals surface area contributed by atoms with Gasteiger partial charge in [0, 0.05) is 32.6 Å². The lowest BCUT2D eigenvalue weighted by molar-refractivity contribution is 0.0305. The summed E-state index contributed by atoms with van der Waals surface area (Å²) in [5.74, 6) is 3.26. The predicted octanol–water partition coefficient (Wildman–Crippen LogP) is 3.78. The number of rotatable bonds is 4. The predicted molar refractivity (Wildman–Crippen MR) is 105 cm³/mol. The molecule has 6 heteroatoms. The van der Waals surface area contributed by atoms with Crippen molar-refractivity contribution in [2.75, 3.05) is 30.4 Å². The Morgan fingerprint density at radius 3 is 2.69 bits per heavy atom. The smallest absolute Gasteiger partial charge is 0.131 e. The van der Waals surface area contributed by atoms with Crippen molar-refractivity contribution in [3.05, 3.63) is 47.2 Å². The van der Waals surface area contributed by atoms with Crippen molar-refractivity contribution in [1.29, 1.82) is 0 Å². The van der Waals surface area contributed by atoms with Gasteiger partial charge in [0.2, 0.25) is 0 Å². The highest BCUT2D eigenvalue weighted by Gasteiger charge is 2.43. The molecule has 2 aromatic heterocycles. The van der Waals surface area contributed by atoms with E-state index in [2.05, 4.69) is 27.1 Å². The van der Waals surface area contributed by atoms with Crippen LogP contribution in [0.4, 0.5) is 11.6 Å². The monoisotopic (exact) mass is 372 g/mol. The van der Waals surface area contributed by atoms with Gasteiger partial charge in [-0.15, -0.1) is 0 Å². The highest BCUT2D eigenvalue weighted by Crippen LogP contribution is 2.40. The molecular weight excluding hydrogens is 348 g/mol. The van der Waals surface area contributed by atoms with E-state index in [1.807, 2.05) is 37.6 Å². The van der Waals surface area contributed by atoms with Crippen LogP contribution in [0.5, 0.6) is 0 Å². The largest absolute Gasteiger partial charge is 0.379 e. The van der Waals surface area contributed by atoms with Gasteiger partial charge in [-0.1, -0.05) is 17.7 Å². The Hall–Kier alpha value is -1.85. The van der Waals surface area contributed by atoms with E-state index in [0.29, 0.717) is 16.9 Å². The zero-order valence-corrected chi connectivity index (χ0v) is 16.0. The van der Waals surface area contributed by atoms with Crippen molar-refractivity contribution in [2.24, 2.45) is 11.8 Å². The number of nitrogens with zero attached hydrogens (tertiary/aromatic N) is 3. The van der Waals surface area contributed by atoms with Gasteiger partial charge in [0.25, 0.3) is 0 Å². The van der Waals surface area contributed by atoms with Gasteiger partial charge >= 0.3 is 0 Å². The minimum Gasteiger partial charge on any atom is -0.379 e. The van der Waals surface area contributed by atoms with Crippen LogP contribution >= 0.6 is 11.6 Å². The van der Waals surface area contributed by atoms with Crippen molar-refractivity contribution >= 4 is 23.2 Å². The molecule has 138 valence electrons. The van der Waals surface area contributed by atoms with E-state index in [0.717, 1.165) is 43.1 Å². The molecule has 4 atom stereocenters. The van der Waals surface area contributed by atoms with Gasteiger partial charge in [0.1, 0.15) is 11.6 Å². The molecule has 3 heterocycles. The first-order valence-corrected chi connectivity index (χ1v) is 9.59. The second kappa shape index (κ2) is 7.41. The molecule has 0 spiro atoms. The van der Waals surface area contributed by atoms with Crippen LogP contribution < -0.4 is 10.2 Å². The first-order valence-electron chi connectivity index (χ1n) is 9.21. The molecule has 26 heavy (non-hydrogen) atoms. The second-order valence-corrected chi connectivity index (χ2v) is 7.87. The van der Waals surface area contributed by atoms with E-state index < -0.39 is 0 Å². The number of aromatic nitrogens is 2. The minimum absolute atomic E-state index is 0.206. The number of methoxy groups -OCH3 is 1. The molecule has 2 fully saturated rings. The molecule has 4 rings (SSSR count). The molecule has 2 aliphatic rings. The van der Waals surface area contributed by atoms with Crippen LogP contribution in [0.15, 0.2) is 36.7 Å². The molecule has 0 aromatic carbocycles. The number of hydrogen-bond acceptors (Lipinski definition) is 5.